The Hall–Kier alpha value is -2.35. The number of fused-ring (bicyclic) bond motifs is 1. The van der Waals surface area contributed by atoms with Gasteiger partial charge in [0.1, 0.15) is 0 Å². The molecule has 1 aromatic heterocycles. The highest BCUT2D eigenvalue weighted by Gasteiger charge is 2.21. The summed E-state index contributed by atoms with van der Waals surface area (Å²) in [4.78, 5) is 31.0. The lowest BCUT2D eigenvalue weighted by atomic mass is 9.98. The Balaban J connectivity index is 1.92. The second kappa shape index (κ2) is 11.2. The van der Waals surface area contributed by atoms with Gasteiger partial charge in [0.05, 0.1) is 16.2 Å². The number of hydrogen-bond acceptors (Lipinski definition) is 5. The Bertz CT molecular complexity index is 1210. The number of carbonyl (C=O) groups is 1. The van der Waals surface area contributed by atoms with E-state index in [9.17, 15) is 9.59 Å². The molecule has 0 bridgehead atoms. The summed E-state index contributed by atoms with van der Waals surface area (Å²) in [6.45, 7) is 8.99. The van der Waals surface area contributed by atoms with Crippen molar-refractivity contribution in [3.8, 4) is 0 Å². The molecule has 33 heavy (non-hydrogen) atoms. The van der Waals surface area contributed by atoms with Gasteiger partial charge in [0.2, 0.25) is 5.91 Å². The third-order valence-corrected chi connectivity index (χ3v) is 6.76. The van der Waals surface area contributed by atoms with Crippen molar-refractivity contribution in [1.82, 2.24) is 9.55 Å². The van der Waals surface area contributed by atoms with Gasteiger partial charge in [-0.25, -0.2) is 4.98 Å². The lowest BCUT2D eigenvalue weighted by molar-refractivity contribution is -0.115. The van der Waals surface area contributed by atoms with E-state index in [0.29, 0.717) is 40.7 Å². The lowest BCUT2D eigenvalue weighted by Crippen LogP contribution is -2.28. The molecule has 6 nitrogen and oxygen atoms in total. The predicted molar refractivity (Wildman–Crippen MR) is 137 cm³/mol. The quantitative estimate of drug-likeness (QED) is 0.240. The first-order valence-electron chi connectivity index (χ1n) is 11.0. The molecule has 0 spiro atoms. The number of anilines is 1. The van der Waals surface area contributed by atoms with Crippen LogP contribution in [0.25, 0.3) is 10.9 Å². The van der Waals surface area contributed by atoms with Crippen LogP contribution in [0, 0.1) is 6.92 Å². The van der Waals surface area contributed by atoms with Crippen molar-refractivity contribution < 1.29 is 9.53 Å². The van der Waals surface area contributed by atoms with E-state index < -0.39 is 5.25 Å². The molecular formula is C25H30ClN3O3S. The number of benzene rings is 2. The molecule has 0 saturated carbocycles. The van der Waals surface area contributed by atoms with Gasteiger partial charge in [0, 0.05) is 31.0 Å². The van der Waals surface area contributed by atoms with Gasteiger partial charge < -0.3 is 10.1 Å². The van der Waals surface area contributed by atoms with E-state index in [4.69, 9.17) is 16.3 Å². The van der Waals surface area contributed by atoms with Crippen LogP contribution < -0.4 is 10.9 Å². The number of carbonyl (C=O) groups excluding carboxylic acids is 1. The number of rotatable bonds is 9. The highest BCUT2D eigenvalue weighted by atomic mass is 35.5. The van der Waals surface area contributed by atoms with Gasteiger partial charge in [-0.15, -0.1) is 0 Å². The molecule has 3 rings (SSSR count). The number of halogens is 1. The van der Waals surface area contributed by atoms with Crippen LogP contribution in [0.2, 0.25) is 5.02 Å². The molecule has 0 radical (unpaired) electrons. The maximum Gasteiger partial charge on any atom is 0.262 e. The number of para-hydroxylation sites is 1. The Morgan fingerprint density at radius 3 is 2.70 bits per heavy atom. The zero-order valence-electron chi connectivity index (χ0n) is 19.6. The van der Waals surface area contributed by atoms with Crippen molar-refractivity contribution in [2.45, 2.75) is 57.0 Å². The van der Waals surface area contributed by atoms with Crippen molar-refractivity contribution in [2.75, 3.05) is 19.0 Å². The van der Waals surface area contributed by atoms with Crippen LogP contribution in [0.4, 0.5) is 5.69 Å². The number of thioether (sulfide) groups is 1. The molecule has 1 unspecified atom stereocenters. The number of hydrogen-bond donors (Lipinski definition) is 1. The molecule has 8 heteroatoms. The Labute approximate surface area is 203 Å². The van der Waals surface area contributed by atoms with E-state index in [-0.39, 0.29) is 17.4 Å². The second-order valence-corrected chi connectivity index (χ2v) is 10.0. The minimum Gasteiger partial charge on any atom is -0.385 e. The number of methoxy groups -OCH3 is 1. The van der Waals surface area contributed by atoms with Gasteiger partial charge in [-0.2, -0.15) is 0 Å². The Morgan fingerprint density at radius 2 is 2.00 bits per heavy atom. The summed E-state index contributed by atoms with van der Waals surface area (Å²) in [5.41, 5.74) is 3.33. The van der Waals surface area contributed by atoms with E-state index in [0.717, 1.165) is 16.8 Å². The zero-order valence-corrected chi connectivity index (χ0v) is 21.2. The molecule has 0 aliphatic heterocycles. The summed E-state index contributed by atoms with van der Waals surface area (Å²) >= 11 is 7.40. The van der Waals surface area contributed by atoms with Gasteiger partial charge in [-0.1, -0.05) is 55.4 Å². The number of nitrogens with zero attached hydrogens (tertiary/aromatic N) is 2. The Morgan fingerprint density at radius 1 is 1.24 bits per heavy atom. The van der Waals surface area contributed by atoms with Crippen LogP contribution in [-0.4, -0.2) is 34.4 Å². The van der Waals surface area contributed by atoms with Crippen molar-refractivity contribution >= 4 is 45.9 Å². The average Bonchev–Trinajstić information content (AvgIpc) is 2.76. The summed E-state index contributed by atoms with van der Waals surface area (Å²) < 4.78 is 6.77. The highest BCUT2D eigenvalue weighted by Crippen LogP contribution is 2.29. The topological polar surface area (TPSA) is 73.2 Å². The number of nitrogens with one attached hydrogen (secondary N) is 1. The number of aromatic nitrogens is 2. The van der Waals surface area contributed by atoms with Crippen molar-refractivity contribution in [2.24, 2.45) is 0 Å². The fourth-order valence-electron chi connectivity index (χ4n) is 3.61. The smallest absolute Gasteiger partial charge is 0.262 e. The zero-order chi connectivity index (χ0) is 24.1. The number of ether oxygens (including phenoxy) is 1. The number of amides is 1. The first-order chi connectivity index (χ1) is 15.7. The summed E-state index contributed by atoms with van der Waals surface area (Å²) in [5.74, 6) is 0.140. The molecule has 2 aromatic carbocycles. The summed E-state index contributed by atoms with van der Waals surface area (Å²) in [5, 5.41) is 4.12. The fraction of sp³-hybridized carbons (Fsp3) is 0.400. The van der Waals surface area contributed by atoms with E-state index >= 15 is 0 Å². The van der Waals surface area contributed by atoms with Crippen molar-refractivity contribution in [1.29, 1.82) is 0 Å². The van der Waals surface area contributed by atoms with E-state index in [1.54, 1.807) is 29.9 Å². The second-order valence-electron chi connectivity index (χ2n) is 8.30. The summed E-state index contributed by atoms with van der Waals surface area (Å²) in [6, 6.07) is 11.1. The largest absolute Gasteiger partial charge is 0.385 e. The van der Waals surface area contributed by atoms with E-state index in [2.05, 4.69) is 24.1 Å². The number of aryl methyl sites for hydroxylation is 1. The molecule has 0 aliphatic carbocycles. The van der Waals surface area contributed by atoms with Crippen LogP contribution in [0.3, 0.4) is 0 Å². The molecule has 0 saturated heterocycles. The first-order valence-corrected chi connectivity index (χ1v) is 12.2. The SMILES string of the molecule is COCCCn1c(SC(C)C(=O)Nc2c(C)cccc2C(C)C)nc2cc(Cl)ccc2c1=O. The molecule has 3 aromatic rings. The molecule has 0 fully saturated rings. The normalized spacial score (nSPS) is 12.3. The van der Waals surface area contributed by atoms with Gasteiger partial charge in [-0.3, -0.25) is 14.2 Å². The minimum atomic E-state index is -0.471. The van der Waals surface area contributed by atoms with Crippen LogP contribution in [-0.2, 0) is 16.1 Å². The van der Waals surface area contributed by atoms with Crippen LogP contribution in [0.15, 0.2) is 46.3 Å². The van der Waals surface area contributed by atoms with Gasteiger partial charge in [0.15, 0.2) is 5.16 Å². The minimum absolute atomic E-state index is 0.139. The molecule has 176 valence electrons. The van der Waals surface area contributed by atoms with E-state index in [1.165, 1.54) is 11.8 Å². The highest BCUT2D eigenvalue weighted by molar-refractivity contribution is 8.00. The summed E-state index contributed by atoms with van der Waals surface area (Å²) in [6.07, 6.45) is 0.659. The van der Waals surface area contributed by atoms with E-state index in [1.807, 2.05) is 32.0 Å². The molecule has 1 N–H and O–H groups in total. The maximum atomic E-state index is 13.2. The first kappa shape index (κ1) is 25.3. The molecule has 0 aliphatic rings. The van der Waals surface area contributed by atoms with Gasteiger partial charge in [-0.05, 0) is 55.5 Å². The van der Waals surface area contributed by atoms with Crippen molar-refractivity contribution in [3.05, 3.63) is 62.9 Å². The summed E-state index contributed by atoms with van der Waals surface area (Å²) in [7, 11) is 1.63. The fourth-order valence-corrected chi connectivity index (χ4v) is 4.71. The van der Waals surface area contributed by atoms with Crippen LogP contribution in [0.5, 0.6) is 0 Å². The van der Waals surface area contributed by atoms with Crippen molar-refractivity contribution in [3.63, 3.8) is 0 Å². The lowest BCUT2D eigenvalue weighted by Gasteiger charge is -2.19. The van der Waals surface area contributed by atoms with Gasteiger partial charge >= 0.3 is 0 Å². The van der Waals surface area contributed by atoms with Crippen LogP contribution >= 0.6 is 23.4 Å². The molecule has 1 amide bonds. The monoisotopic (exact) mass is 487 g/mol. The van der Waals surface area contributed by atoms with Gasteiger partial charge in [0.25, 0.3) is 5.56 Å². The maximum absolute atomic E-state index is 13.2. The Kier molecular flexibility index (Phi) is 8.57. The average molecular weight is 488 g/mol. The third kappa shape index (κ3) is 5.96. The third-order valence-electron chi connectivity index (χ3n) is 5.44. The molecular weight excluding hydrogens is 458 g/mol. The molecule has 1 atom stereocenters. The predicted octanol–water partition coefficient (Wildman–Crippen LogP) is 5.64. The molecule has 1 heterocycles. The standard InChI is InChI=1S/C25H30ClN3O3S/c1-15(2)19-9-6-8-16(3)22(19)28-23(30)17(4)33-25-27-21-14-18(26)10-11-20(21)24(31)29(25)12-7-13-32-5/h6,8-11,14-15,17H,7,12-13H2,1-5H3,(H,28,30). The van der Waals surface area contributed by atoms with Crippen LogP contribution in [0.1, 0.15) is 44.2 Å².